The largest absolute Gasteiger partial charge is 0.389 e. The minimum absolute atomic E-state index is 0.204. The Bertz CT molecular complexity index is 372. The van der Waals surface area contributed by atoms with E-state index in [-0.39, 0.29) is 11.7 Å². The molecule has 1 saturated heterocycles. The van der Waals surface area contributed by atoms with E-state index >= 15 is 0 Å². The number of piperidine rings is 1. The van der Waals surface area contributed by atoms with Gasteiger partial charge >= 0.3 is 0 Å². The van der Waals surface area contributed by atoms with Crippen molar-refractivity contribution in [2.24, 2.45) is 5.92 Å². The molecule has 2 nitrogen and oxygen atoms in total. The quantitative estimate of drug-likeness (QED) is 0.844. The normalized spacial score (nSPS) is 24.3. The lowest BCUT2D eigenvalue weighted by Crippen LogP contribution is -2.45. The average molecular weight is 237 g/mol. The number of hydrogen-bond acceptors (Lipinski definition) is 2. The highest BCUT2D eigenvalue weighted by molar-refractivity contribution is 5.19. The summed E-state index contributed by atoms with van der Waals surface area (Å²) in [6.07, 6.45) is 2.47. The van der Waals surface area contributed by atoms with E-state index in [1.165, 1.54) is 6.07 Å². The van der Waals surface area contributed by atoms with Crippen LogP contribution in [-0.4, -0.2) is 23.8 Å². The maximum absolute atomic E-state index is 13.6. The molecule has 0 bridgehead atoms. The van der Waals surface area contributed by atoms with Gasteiger partial charge in [0.05, 0.1) is 5.60 Å². The fourth-order valence-corrected chi connectivity index (χ4v) is 2.55. The first-order valence-electron chi connectivity index (χ1n) is 6.26. The monoisotopic (exact) mass is 237 g/mol. The van der Waals surface area contributed by atoms with Crippen molar-refractivity contribution in [3.63, 3.8) is 0 Å². The van der Waals surface area contributed by atoms with Crippen LogP contribution >= 0.6 is 0 Å². The molecule has 0 aromatic heterocycles. The lowest BCUT2D eigenvalue weighted by atomic mass is 9.79. The number of rotatable bonds is 3. The molecule has 1 aliphatic heterocycles. The van der Waals surface area contributed by atoms with Crippen LogP contribution in [0.2, 0.25) is 0 Å². The first-order chi connectivity index (χ1) is 8.09. The maximum Gasteiger partial charge on any atom is 0.126 e. The van der Waals surface area contributed by atoms with Gasteiger partial charge in [-0.2, -0.15) is 0 Å². The molecule has 1 aliphatic rings. The Balaban J connectivity index is 2.08. The number of nitrogens with one attached hydrogen (secondary N) is 1. The van der Waals surface area contributed by atoms with Crippen molar-refractivity contribution in [1.82, 2.24) is 5.32 Å². The Morgan fingerprint density at radius 3 is 2.88 bits per heavy atom. The zero-order chi connectivity index (χ0) is 12.3. The molecule has 1 heterocycles. The van der Waals surface area contributed by atoms with Gasteiger partial charge in [0.2, 0.25) is 0 Å². The molecule has 1 fully saturated rings. The second kappa shape index (κ2) is 5.15. The van der Waals surface area contributed by atoms with Crippen LogP contribution in [0.1, 0.15) is 25.3 Å². The molecule has 2 unspecified atom stereocenters. The van der Waals surface area contributed by atoms with E-state index in [9.17, 15) is 9.50 Å². The van der Waals surface area contributed by atoms with Gasteiger partial charge in [-0.05, 0) is 37.9 Å². The lowest BCUT2D eigenvalue weighted by Gasteiger charge is -2.36. The van der Waals surface area contributed by atoms with Gasteiger partial charge in [-0.3, -0.25) is 0 Å². The maximum atomic E-state index is 13.6. The van der Waals surface area contributed by atoms with Crippen molar-refractivity contribution < 1.29 is 9.50 Å². The Morgan fingerprint density at radius 1 is 1.47 bits per heavy atom. The standard InChI is InChI=1S/C14H20FNO/c1-14(17,12-6-4-8-16-10-12)9-11-5-2-3-7-13(11)15/h2-3,5,7,12,16-17H,4,6,8-10H2,1H3. The second-order valence-corrected chi connectivity index (χ2v) is 5.17. The second-order valence-electron chi connectivity index (χ2n) is 5.17. The van der Waals surface area contributed by atoms with Gasteiger partial charge in [-0.25, -0.2) is 4.39 Å². The predicted molar refractivity (Wildman–Crippen MR) is 66.3 cm³/mol. The number of benzene rings is 1. The van der Waals surface area contributed by atoms with Crippen molar-refractivity contribution in [1.29, 1.82) is 0 Å². The summed E-state index contributed by atoms with van der Waals surface area (Å²) < 4.78 is 13.6. The fourth-order valence-electron chi connectivity index (χ4n) is 2.55. The van der Waals surface area contributed by atoms with Crippen LogP contribution in [0, 0.1) is 11.7 Å². The van der Waals surface area contributed by atoms with Crippen molar-refractivity contribution in [2.75, 3.05) is 13.1 Å². The van der Waals surface area contributed by atoms with Gasteiger partial charge in [-0.15, -0.1) is 0 Å². The van der Waals surface area contributed by atoms with E-state index in [0.29, 0.717) is 12.0 Å². The summed E-state index contributed by atoms with van der Waals surface area (Å²) in [6.45, 7) is 3.66. The van der Waals surface area contributed by atoms with Crippen LogP contribution in [0.3, 0.4) is 0 Å². The smallest absolute Gasteiger partial charge is 0.126 e. The topological polar surface area (TPSA) is 32.3 Å². The van der Waals surface area contributed by atoms with E-state index in [1.807, 2.05) is 13.0 Å². The summed E-state index contributed by atoms with van der Waals surface area (Å²) in [5.74, 6) is -0.0209. The molecule has 3 heteroatoms. The molecule has 0 aliphatic carbocycles. The van der Waals surface area contributed by atoms with E-state index in [2.05, 4.69) is 5.32 Å². The third-order valence-electron chi connectivity index (χ3n) is 3.68. The summed E-state index contributed by atoms with van der Waals surface area (Å²) in [5, 5.41) is 13.8. The third kappa shape index (κ3) is 3.05. The first kappa shape index (κ1) is 12.5. The van der Waals surface area contributed by atoms with Crippen molar-refractivity contribution in [3.05, 3.63) is 35.6 Å². The van der Waals surface area contributed by atoms with Crippen LogP contribution in [0.15, 0.2) is 24.3 Å². The highest BCUT2D eigenvalue weighted by Gasteiger charge is 2.33. The van der Waals surface area contributed by atoms with Gasteiger partial charge in [-0.1, -0.05) is 18.2 Å². The van der Waals surface area contributed by atoms with Crippen molar-refractivity contribution >= 4 is 0 Å². The molecule has 2 rings (SSSR count). The van der Waals surface area contributed by atoms with Gasteiger partial charge < -0.3 is 10.4 Å². The van der Waals surface area contributed by atoms with Crippen LogP contribution < -0.4 is 5.32 Å². The molecule has 1 aromatic rings. The Hall–Kier alpha value is -0.930. The highest BCUT2D eigenvalue weighted by atomic mass is 19.1. The SMILES string of the molecule is CC(O)(Cc1ccccc1F)C1CCCNC1. The molecule has 2 atom stereocenters. The average Bonchev–Trinajstić information content (AvgIpc) is 2.33. The summed E-state index contributed by atoms with van der Waals surface area (Å²) in [6, 6.07) is 6.69. The zero-order valence-electron chi connectivity index (χ0n) is 10.2. The summed E-state index contributed by atoms with van der Waals surface area (Å²) in [5.41, 5.74) is -0.238. The summed E-state index contributed by atoms with van der Waals surface area (Å²) in [7, 11) is 0. The number of aliphatic hydroxyl groups is 1. The molecule has 2 N–H and O–H groups in total. The predicted octanol–water partition coefficient (Wildman–Crippen LogP) is 2.12. The first-order valence-corrected chi connectivity index (χ1v) is 6.26. The van der Waals surface area contributed by atoms with Gasteiger partial charge in [0.1, 0.15) is 5.82 Å². The molecule has 1 aromatic carbocycles. The minimum Gasteiger partial charge on any atom is -0.389 e. The molecular weight excluding hydrogens is 217 g/mol. The van der Waals surface area contributed by atoms with Crippen LogP contribution in [0.25, 0.3) is 0 Å². The Morgan fingerprint density at radius 2 is 2.24 bits per heavy atom. The number of halogens is 1. The van der Waals surface area contributed by atoms with Gasteiger partial charge in [0.25, 0.3) is 0 Å². The van der Waals surface area contributed by atoms with Crippen LogP contribution in [-0.2, 0) is 6.42 Å². The minimum atomic E-state index is -0.838. The van der Waals surface area contributed by atoms with Gasteiger partial charge in [0.15, 0.2) is 0 Å². The van der Waals surface area contributed by atoms with E-state index in [4.69, 9.17) is 0 Å². The number of hydrogen-bond donors (Lipinski definition) is 2. The molecule has 17 heavy (non-hydrogen) atoms. The molecular formula is C14H20FNO. The molecule has 94 valence electrons. The molecule has 0 saturated carbocycles. The van der Waals surface area contributed by atoms with Crippen molar-refractivity contribution in [2.45, 2.75) is 31.8 Å². The fraction of sp³-hybridized carbons (Fsp3) is 0.571. The zero-order valence-corrected chi connectivity index (χ0v) is 10.2. The summed E-state index contributed by atoms with van der Waals surface area (Å²) >= 11 is 0. The lowest BCUT2D eigenvalue weighted by molar-refractivity contribution is -0.0108. The Kier molecular flexibility index (Phi) is 3.79. The molecule has 0 spiro atoms. The van der Waals surface area contributed by atoms with Crippen molar-refractivity contribution in [3.8, 4) is 0 Å². The summed E-state index contributed by atoms with van der Waals surface area (Å²) in [4.78, 5) is 0. The van der Waals surface area contributed by atoms with E-state index < -0.39 is 5.60 Å². The Labute approximate surface area is 102 Å². The van der Waals surface area contributed by atoms with Crippen LogP contribution in [0.4, 0.5) is 4.39 Å². The van der Waals surface area contributed by atoms with Crippen LogP contribution in [0.5, 0.6) is 0 Å². The highest BCUT2D eigenvalue weighted by Crippen LogP contribution is 2.28. The van der Waals surface area contributed by atoms with Gasteiger partial charge in [0, 0.05) is 18.9 Å². The van der Waals surface area contributed by atoms with E-state index in [0.717, 1.165) is 25.9 Å². The molecule has 0 radical (unpaired) electrons. The van der Waals surface area contributed by atoms with E-state index in [1.54, 1.807) is 12.1 Å². The molecule has 0 amide bonds. The third-order valence-corrected chi connectivity index (χ3v) is 3.68.